The van der Waals surface area contributed by atoms with Gasteiger partial charge in [0.15, 0.2) is 0 Å². The first-order valence-corrected chi connectivity index (χ1v) is 17.8. The molecule has 8 heteroatoms. The third kappa shape index (κ3) is 35.6. The molecule has 0 aliphatic rings. The molecule has 0 heterocycles. The molecule has 6 nitrogen and oxygen atoms in total. The summed E-state index contributed by atoms with van der Waals surface area (Å²) in [6.07, 6.45) is 16.5. The predicted octanol–water partition coefficient (Wildman–Crippen LogP) is 9.35. The molecule has 1 amide bonds. The second-order valence-corrected chi connectivity index (χ2v) is 11.0. The van der Waals surface area contributed by atoms with Crippen molar-refractivity contribution in [3.8, 4) is 11.5 Å². The molecule has 0 atom stereocenters. The molecular formula is C35H63N3O3S2. The van der Waals surface area contributed by atoms with Gasteiger partial charge >= 0.3 is 0 Å². The number of carbonyl (C=O) groups excluding carboxylic acids is 1. The highest BCUT2D eigenvalue weighted by atomic mass is 33.1. The lowest BCUT2D eigenvalue weighted by Gasteiger charge is -2.07. The van der Waals surface area contributed by atoms with E-state index in [1.54, 1.807) is 20.3 Å². The van der Waals surface area contributed by atoms with Gasteiger partial charge in [-0.2, -0.15) is 0 Å². The second-order valence-electron chi connectivity index (χ2n) is 8.34. The SMILES string of the molecule is C=C/C=C(\C=C/NCCCC(=C)C)/C=C/c1cc(OC)ccc1OC.CC.CC.CCCC(N)=O.CCCSSCCN. The summed E-state index contributed by atoms with van der Waals surface area (Å²) < 4.78 is 10.7. The zero-order chi connectivity index (χ0) is 33.7. The number of allylic oxidation sites excluding steroid dienone is 6. The third-order valence-electron chi connectivity index (χ3n) is 4.59. The van der Waals surface area contributed by atoms with Gasteiger partial charge in [-0.1, -0.05) is 99.6 Å². The van der Waals surface area contributed by atoms with Crippen molar-refractivity contribution in [2.24, 2.45) is 11.5 Å². The number of rotatable bonds is 18. The lowest BCUT2D eigenvalue weighted by Crippen LogP contribution is -2.08. The fourth-order valence-electron chi connectivity index (χ4n) is 2.68. The molecule has 0 spiro atoms. The van der Waals surface area contributed by atoms with Gasteiger partial charge in [0.2, 0.25) is 5.91 Å². The van der Waals surface area contributed by atoms with Crippen LogP contribution < -0.4 is 26.3 Å². The van der Waals surface area contributed by atoms with Crippen molar-refractivity contribution in [2.45, 2.75) is 80.6 Å². The van der Waals surface area contributed by atoms with Crippen molar-refractivity contribution in [2.75, 3.05) is 38.8 Å². The van der Waals surface area contributed by atoms with Crippen LogP contribution in [0.1, 0.15) is 86.1 Å². The summed E-state index contributed by atoms with van der Waals surface area (Å²) in [6.45, 7) is 23.6. The number of benzene rings is 1. The van der Waals surface area contributed by atoms with E-state index in [0.29, 0.717) is 6.42 Å². The van der Waals surface area contributed by atoms with Crippen LogP contribution in [0.3, 0.4) is 0 Å². The smallest absolute Gasteiger partial charge is 0.217 e. The Morgan fingerprint density at radius 3 is 2.12 bits per heavy atom. The number of hydrogen-bond acceptors (Lipinski definition) is 7. The summed E-state index contributed by atoms with van der Waals surface area (Å²) in [5.74, 6) is 3.73. The van der Waals surface area contributed by atoms with Gasteiger partial charge in [-0.05, 0) is 68.7 Å². The van der Waals surface area contributed by atoms with Crippen LogP contribution in [0.25, 0.3) is 6.08 Å². The van der Waals surface area contributed by atoms with Gasteiger partial charge in [0, 0.05) is 36.6 Å². The van der Waals surface area contributed by atoms with Crippen LogP contribution in [-0.4, -0.2) is 44.7 Å². The average molecular weight is 638 g/mol. The van der Waals surface area contributed by atoms with Gasteiger partial charge in [-0.3, -0.25) is 4.79 Å². The molecule has 0 aliphatic carbocycles. The molecular weight excluding hydrogens is 575 g/mol. The van der Waals surface area contributed by atoms with E-state index < -0.39 is 0 Å². The largest absolute Gasteiger partial charge is 0.497 e. The molecule has 248 valence electrons. The number of methoxy groups -OCH3 is 2. The summed E-state index contributed by atoms with van der Waals surface area (Å²) in [7, 11) is 7.10. The van der Waals surface area contributed by atoms with Crippen molar-refractivity contribution < 1.29 is 14.3 Å². The number of amides is 1. The Labute approximate surface area is 273 Å². The molecule has 1 aromatic rings. The summed E-state index contributed by atoms with van der Waals surface area (Å²) in [5, 5.41) is 3.29. The van der Waals surface area contributed by atoms with Crippen LogP contribution in [-0.2, 0) is 4.79 Å². The Morgan fingerprint density at radius 1 is 1.00 bits per heavy atom. The first-order valence-electron chi connectivity index (χ1n) is 15.3. The number of primary amides is 1. The Kier molecular flexibility index (Phi) is 43.5. The summed E-state index contributed by atoms with van der Waals surface area (Å²) in [6, 6.07) is 5.72. The Balaban J connectivity index is -0.000000346. The topological polar surface area (TPSA) is 99.6 Å². The van der Waals surface area contributed by atoms with Gasteiger partial charge < -0.3 is 26.3 Å². The first kappa shape index (κ1) is 47.4. The monoisotopic (exact) mass is 637 g/mol. The average Bonchev–Trinajstić information content (AvgIpc) is 3.02. The number of nitrogens with one attached hydrogen (secondary N) is 1. The maximum absolute atomic E-state index is 9.82. The van der Waals surface area contributed by atoms with Crippen molar-refractivity contribution in [1.82, 2.24) is 5.32 Å². The number of hydrogen-bond donors (Lipinski definition) is 3. The third-order valence-corrected chi connectivity index (χ3v) is 7.23. The Morgan fingerprint density at radius 2 is 1.65 bits per heavy atom. The van der Waals surface area contributed by atoms with E-state index >= 15 is 0 Å². The molecule has 0 fully saturated rings. The zero-order valence-corrected chi connectivity index (χ0v) is 30.3. The van der Waals surface area contributed by atoms with Crippen LogP contribution in [0.5, 0.6) is 11.5 Å². The van der Waals surface area contributed by atoms with E-state index in [2.05, 4.69) is 32.3 Å². The Hall–Kier alpha value is -2.55. The molecule has 0 aliphatic heterocycles. The highest BCUT2D eigenvalue weighted by molar-refractivity contribution is 8.76. The molecule has 1 aromatic carbocycles. The standard InChI is InChI=1S/C22H29NO2.C5H13NS2.C4H9NO.2C2H6/c1-6-8-19(14-16-23-15-7-9-18(2)3)10-11-20-17-21(24-4)12-13-22(20)25-5;1-2-4-7-8-5-3-6;1-2-3-4(5)6;2*1-2/h6,8,10-14,16-17,23H,1-2,7,9,15H2,3-5H3;2-6H2,1H3;2-3H2,1H3,(H2,5,6);2*1-2H3/b11-10+,16-14-,19-8-;;;;. The number of nitrogens with two attached hydrogens (primary N) is 2. The van der Waals surface area contributed by atoms with E-state index in [-0.39, 0.29) is 5.91 Å². The molecule has 0 saturated carbocycles. The minimum atomic E-state index is -0.211. The van der Waals surface area contributed by atoms with E-state index in [1.807, 2.05) is 105 Å². The van der Waals surface area contributed by atoms with Crippen LogP contribution in [0, 0.1) is 0 Å². The molecule has 43 heavy (non-hydrogen) atoms. The van der Waals surface area contributed by atoms with Crippen LogP contribution in [0.2, 0.25) is 0 Å². The van der Waals surface area contributed by atoms with Crippen LogP contribution in [0.4, 0.5) is 0 Å². The fraction of sp³-hybridized carbons (Fsp3) is 0.514. The van der Waals surface area contributed by atoms with Gasteiger partial charge in [0.25, 0.3) is 0 Å². The highest BCUT2D eigenvalue weighted by Crippen LogP contribution is 2.25. The van der Waals surface area contributed by atoms with Crippen molar-refractivity contribution in [1.29, 1.82) is 0 Å². The van der Waals surface area contributed by atoms with E-state index in [1.165, 1.54) is 17.7 Å². The molecule has 1 rings (SSSR count). The van der Waals surface area contributed by atoms with E-state index in [9.17, 15) is 4.79 Å². The van der Waals surface area contributed by atoms with Crippen LogP contribution >= 0.6 is 21.6 Å². The van der Waals surface area contributed by atoms with Gasteiger partial charge in [-0.15, -0.1) is 6.58 Å². The van der Waals surface area contributed by atoms with E-state index in [4.69, 9.17) is 20.9 Å². The highest BCUT2D eigenvalue weighted by Gasteiger charge is 2.01. The molecule has 0 radical (unpaired) electrons. The van der Waals surface area contributed by atoms with Gasteiger partial charge in [0.1, 0.15) is 11.5 Å². The lowest BCUT2D eigenvalue weighted by molar-refractivity contribution is -0.118. The van der Waals surface area contributed by atoms with Crippen molar-refractivity contribution >= 4 is 33.6 Å². The summed E-state index contributed by atoms with van der Waals surface area (Å²) in [5.41, 5.74) is 13.2. The number of carbonyl (C=O) groups is 1. The van der Waals surface area contributed by atoms with Crippen molar-refractivity contribution in [3.05, 3.63) is 78.6 Å². The number of ether oxygens (including phenoxy) is 2. The van der Waals surface area contributed by atoms with Gasteiger partial charge in [0.05, 0.1) is 14.2 Å². The molecule has 0 aromatic heterocycles. The minimum Gasteiger partial charge on any atom is -0.497 e. The fourth-order valence-corrected chi connectivity index (χ4v) is 4.68. The molecule has 0 unspecified atom stereocenters. The van der Waals surface area contributed by atoms with Crippen molar-refractivity contribution in [3.63, 3.8) is 0 Å². The Bertz CT molecular complexity index is 879. The van der Waals surface area contributed by atoms with E-state index in [0.717, 1.165) is 60.7 Å². The summed E-state index contributed by atoms with van der Waals surface area (Å²) >= 11 is 0. The quantitative estimate of drug-likeness (QED) is 0.0638. The van der Waals surface area contributed by atoms with Crippen LogP contribution in [0.15, 0.2) is 73.0 Å². The summed E-state index contributed by atoms with van der Waals surface area (Å²) in [4.78, 5) is 9.82. The first-order chi connectivity index (χ1) is 20.8. The molecule has 0 saturated heterocycles. The minimum absolute atomic E-state index is 0.211. The maximum atomic E-state index is 9.82. The normalized spacial score (nSPS) is 10.0. The predicted molar refractivity (Wildman–Crippen MR) is 199 cm³/mol. The molecule has 0 bridgehead atoms. The second kappa shape index (κ2) is 39.5. The van der Waals surface area contributed by atoms with Gasteiger partial charge in [-0.25, -0.2) is 0 Å². The lowest BCUT2D eigenvalue weighted by atomic mass is 10.1. The zero-order valence-electron chi connectivity index (χ0n) is 28.7. The molecule has 5 N–H and O–H groups in total. The maximum Gasteiger partial charge on any atom is 0.217 e.